The lowest BCUT2D eigenvalue weighted by Gasteiger charge is -1.98. The second-order valence-electron chi connectivity index (χ2n) is 5.16. The highest BCUT2D eigenvalue weighted by Crippen LogP contribution is 2.27. The summed E-state index contributed by atoms with van der Waals surface area (Å²) >= 11 is 4.92. The Morgan fingerprint density at radius 3 is 2.62 bits per heavy atom. The van der Waals surface area contributed by atoms with E-state index >= 15 is 0 Å². The Kier molecular flexibility index (Phi) is 4.27. The van der Waals surface area contributed by atoms with Crippen LogP contribution in [0.25, 0.3) is 23.2 Å². The molecule has 118 valence electrons. The quantitative estimate of drug-likeness (QED) is 0.447. The molecule has 0 saturated carbocycles. The second kappa shape index (κ2) is 6.52. The molecule has 0 saturated heterocycles. The highest BCUT2D eigenvalue weighted by Gasteiger charge is 2.15. The van der Waals surface area contributed by atoms with Crippen molar-refractivity contribution >= 4 is 23.3 Å². The maximum Gasteiger partial charge on any atom is 0.155 e. The molecule has 3 aromatic rings. The number of nitriles is 1. The molecule has 5 nitrogen and oxygen atoms in total. The van der Waals surface area contributed by atoms with Gasteiger partial charge in [0.2, 0.25) is 0 Å². The molecule has 0 atom stereocenters. The fourth-order valence-electron chi connectivity index (χ4n) is 2.27. The van der Waals surface area contributed by atoms with Gasteiger partial charge in [-0.25, -0.2) is 4.68 Å². The van der Waals surface area contributed by atoms with Crippen LogP contribution >= 0.6 is 12.2 Å². The summed E-state index contributed by atoms with van der Waals surface area (Å²) in [5.41, 5.74) is 8.05. The fraction of sp³-hybridized carbons (Fsp3) is 0.0556. The molecule has 1 aromatic carbocycles. The summed E-state index contributed by atoms with van der Waals surface area (Å²) in [5, 5.41) is 13.8. The van der Waals surface area contributed by atoms with Crippen LogP contribution in [0.3, 0.4) is 0 Å². The number of aromatic nitrogens is 2. The third kappa shape index (κ3) is 3.12. The summed E-state index contributed by atoms with van der Waals surface area (Å²) in [6, 6.07) is 15.4. The average molecular weight is 334 g/mol. The molecule has 0 unspecified atom stereocenters. The van der Waals surface area contributed by atoms with Gasteiger partial charge < -0.3 is 10.2 Å². The van der Waals surface area contributed by atoms with Crippen molar-refractivity contribution in [1.82, 2.24) is 9.78 Å². The molecule has 0 aliphatic heterocycles. The monoisotopic (exact) mass is 334 g/mol. The summed E-state index contributed by atoms with van der Waals surface area (Å²) in [4.78, 5) is 0.0477. The number of aryl methyl sites for hydroxylation is 1. The largest absolute Gasteiger partial charge is 0.460 e. The Hall–Kier alpha value is -3.17. The number of nitrogens with zero attached hydrogens (tertiary/aromatic N) is 3. The summed E-state index contributed by atoms with van der Waals surface area (Å²) in [5.74, 6) is 1.40. The number of rotatable bonds is 4. The molecule has 0 bridgehead atoms. The Morgan fingerprint density at radius 2 is 2.04 bits per heavy atom. The molecule has 2 N–H and O–H groups in total. The minimum atomic E-state index is 0.0477. The third-order valence-corrected chi connectivity index (χ3v) is 3.64. The van der Waals surface area contributed by atoms with Crippen LogP contribution in [0.5, 0.6) is 0 Å². The van der Waals surface area contributed by atoms with Gasteiger partial charge in [-0.05, 0) is 37.3 Å². The lowest BCUT2D eigenvalue weighted by atomic mass is 10.1. The standard InChI is InChI=1S/C18H14N4OS/c1-12-7-8-16(23-12)17-14(9-13(10-19)18(20)24)11-22(21-17)15-5-3-2-4-6-15/h2-9,11H,1H3,(H2,20,24)/b13-9-. The zero-order valence-corrected chi connectivity index (χ0v) is 13.7. The van der Waals surface area contributed by atoms with Crippen LogP contribution in [0, 0.1) is 18.3 Å². The smallest absolute Gasteiger partial charge is 0.155 e. The number of thiocarbonyl (C=S) groups is 1. The third-order valence-electron chi connectivity index (χ3n) is 3.42. The van der Waals surface area contributed by atoms with Crippen LogP contribution in [-0.2, 0) is 0 Å². The molecule has 2 heterocycles. The van der Waals surface area contributed by atoms with Gasteiger partial charge in [0.05, 0.1) is 11.3 Å². The van der Waals surface area contributed by atoms with Crippen LogP contribution in [0.1, 0.15) is 11.3 Å². The molecule has 0 spiro atoms. The molecule has 0 amide bonds. The van der Waals surface area contributed by atoms with E-state index in [0.29, 0.717) is 17.0 Å². The van der Waals surface area contributed by atoms with Gasteiger partial charge in [0, 0.05) is 11.8 Å². The zero-order valence-electron chi connectivity index (χ0n) is 12.9. The molecule has 0 fully saturated rings. The molecular weight excluding hydrogens is 320 g/mol. The first-order valence-electron chi connectivity index (χ1n) is 7.22. The van der Waals surface area contributed by atoms with Crippen LogP contribution in [0.15, 0.2) is 58.7 Å². The van der Waals surface area contributed by atoms with Gasteiger partial charge in [0.25, 0.3) is 0 Å². The highest BCUT2D eigenvalue weighted by molar-refractivity contribution is 7.80. The Labute approximate surface area is 144 Å². The van der Waals surface area contributed by atoms with Gasteiger partial charge in [-0.2, -0.15) is 10.4 Å². The summed E-state index contributed by atoms with van der Waals surface area (Å²) in [6.45, 7) is 1.86. The van der Waals surface area contributed by atoms with E-state index in [-0.39, 0.29) is 10.6 Å². The van der Waals surface area contributed by atoms with Crippen LogP contribution in [0.4, 0.5) is 0 Å². The maximum atomic E-state index is 9.21. The first-order valence-corrected chi connectivity index (χ1v) is 7.63. The van der Waals surface area contributed by atoms with Crippen molar-refractivity contribution in [3.05, 3.63) is 65.6 Å². The van der Waals surface area contributed by atoms with Crippen molar-refractivity contribution in [3.8, 4) is 23.2 Å². The van der Waals surface area contributed by atoms with Gasteiger partial charge in [0.1, 0.15) is 22.5 Å². The zero-order chi connectivity index (χ0) is 17.1. The molecule has 6 heteroatoms. The number of benzene rings is 1. The van der Waals surface area contributed by atoms with E-state index in [1.54, 1.807) is 10.8 Å². The topological polar surface area (TPSA) is 80.8 Å². The molecule has 0 radical (unpaired) electrons. The molecule has 3 rings (SSSR count). The minimum Gasteiger partial charge on any atom is -0.460 e. The van der Waals surface area contributed by atoms with E-state index in [1.165, 1.54) is 0 Å². The van der Waals surface area contributed by atoms with Crippen LogP contribution in [0.2, 0.25) is 0 Å². The van der Waals surface area contributed by atoms with E-state index in [4.69, 9.17) is 22.4 Å². The number of hydrogen-bond acceptors (Lipinski definition) is 4. The Balaban J connectivity index is 2.17. The summed E-state index contributed by atoms with van der Waals surface area (Å²) in [6.07, 6.45) is 3.44. The molecule has 0 aliphatic rings. The average Bonchev–Trinajstić information content (AvgIpc) is 3.19. The van der Waals surface area contributed by atoms with Crippen molar-refractivity contribution in [2.45, 2.75) is 6.92 Å². The summed E-state index contributed by atoms with van der Waals surface area (Å²) < 4.78 is 7.41. The van der Waals surface area contributed by atoms with Crippen LogP contribution in [-0.4, -0.2) is 14.8 Å². The highest BCUT2D eigenvalue weighted by atomic mass is 32.1. The van der Waals surface area contributed by atoms with Gasteiger partial charge in [-0.1, -0.05) is 30.4 Å². The van der Waals surface area contributed by atoms with Gasteiger partial charge in [0.15, 0.2) is 5.76 Å². The van der Waals surface area contributed by atoms with E-state index in [2.05, 4.69) is 5.10 Å². The second-order valence-corrected chi connectivity index (χ2v) is 5.60. The molecule has 24 heavy (non-hydrogen) atoms. The Bertz CT molecular complexity index is 961. The lowest BCUT2D eigenvalue weighted by molar-refractivity contribution is 0.545. The minimum absolute atomic E-state index is 0.0477. The van der Waals surface area contributed by atoms with Crippen molar-refractivity contribution in [3.63, 3.8) is 0 Å². The van der Waals surface area contributed by atoms with Crippen molar-refractivity contribution in [2.75, 3.05) is 0 Å². The van der Waals surface area contributed by atoms with Gasteiger partial charge >= 0.3 is 0 Å². The van der Waals surface area contributed by atoms with Gasteiger partial charge in [-0.3, -0.25) is 0 Å². The van der Waals surface area contributed by atoms with E-state index < -0.39 is 0 Å². The SMILES string of the molecule is Cc1ccc(-c2nn(-c3ccccc3)cc2/C=C(/C#N)C(N)=S)o1. The number of furan rings is 1. The Morgan fingerprint density at radius 1 is 1.29 bits per heavy atom. The normalized spacial score (nSPS) is 11.2. The van der Waals surface area contributed by atoms with Crippen molar-refractivity contribution in [2.24, 2.45) is 5.73 Å². The predicted octanol–water partition coefficient (Wildman–Crippen LogP) is 3.63. The fourth-order valence-corrected chi connectivity index (χ4v) is 2.38. The lowest BCUT2D eigenvalue weighted by Crippen LogP contribution is -2.09. The number of nitrogens with two attached hydrogens (primary N) is 1. The first-order chi connectivity index (χ1) is 11.6. The predicted molar refractivity (Wildman–Crippen MR) is 96.4 cm³/mol. The van der Waals surface area contributed by atoms with Gasteiger partial charge in [-0.15, -0.1) is 0 Å². The van der Waals surface area contributed by atoms with Crippen LogP contribution < -0.4 is 5.73 Å². The van der Waals surface area contributed by atoms with Crippen molar-refractivity contribution in [1.29, 1.82) is 5.26 Å². The van der Waals surface area contributed by atoms with E-state index in [1.807, 2.05) is 61.7 Å². The maximum absolute atomic E-state index is 9.21. The van der Waals surface area contributed by atoms with E-state index in [9.17, 15) is 5.26 Å². The number of para-hydroxylation sites is 1. The number of hydrogen-bond donors (Lipinski definition) is 1. The van der Waals surface area contributed by atoms with Crippen molar-refractivity contribution < 1.29 is 4.42 Å². The summed E-state index contributed by atoms with van der Waals surface area (Å²) in [7, 11) is 0. The van der Waals surface area contributed by atoms with E-state index in [0.717, 1.165) is 11.4 Å². The molecule has 0 aliphatic carbocycles. The molecule has 2 aromatic heterocycles. The first kappa shape index (κ1) is 15.7. The molecular formula is C18H14N4OS.